The third-order valence-electron chi connectivity index (χ3n) is 5.10. The van der Waals surface area contributed by atoms with Crippen molar-refractivity contribution in [3.05, 3.63) is 87.5 Å². The zero-order valence-electron chi connectivity index (χ0n) is 17.4. The summed E-state index contributed by atoms with van der Waals surface area (Å²) in [5.41, 5.74) is 3.69. The molecular weight excluding hydrogens is 447 g/mol. The summed E-state index contributed by atoms with van der Waals surface area (Å²) in [6.45, 7) is 1.24. The van der Waals surface area contributed by atoms with Crippen LogP contribution in [-0.4, -0.2) is 42.9 Å². The van der Waals surface area contributed by atoms with Gasteiger partial charge in [0.05, 0.1) is 18.0 Å². The van der Waals surface area contributed by atoms with Crippen molar-refractivity contribution in [3.63, 3.8) is 0 Å². The molecule has 1 aliphatic heterocycles. The quantitative estimate of drug-likeness (QED) is 0.486. The van der Waals surface area contributed by atoms with E-state index in [1.807, 2.05) is 36.4 Å². The van der Waals surface area contributed by atoms with Crippen molar-refractivity contribution < 1.29 is 9.53 Å². The smallest absolute Gasteiger partial charge is 0.249 e. The van der Waals surface area contributed by atoms with Gasteiger partial charge in [0.2, 0.25) is 5.91 Å². The summed E-state index contributed by atoms with van der Waals surface area (Å²) in [7, 11) is 1.65. The van der Waals surface area contributed by atoms with Crippen molar-refractivity contribution in [2.75, 3.05) is 30.9 Å². The fourth-order valence-corrected chi connectivity index (χ4v) is 3.87. The summed E-state index contributed by atoms with van der Waals surface area (Å²) >= 11 is 12.6. The van der Waals surface area contributed by atoms with Gasteiger partial charge in [-0.05, 0) is 42.0 Å². The number of hydrogen-bond acceptors (Lipinski definition) is 5. The van der Waals surface area contributed by atoms with Crippen LogP contribution in [0.15, 0.2) is 65.8 Å². The number of hydrogen-bond donors (Lipinski definition) is 2. The van der Waals surface area contributed by atoms with Gasteiger partial charge in [0, 0.05) is 47.4 Å². The monoisotopic (exact) mass is 468 g/mol. The Morgan fingerprint density at radius 3 is 2.72 bits per heavy atom. The largest absolute Gasteiger partial charge is 0.383 e. The maximum atomic E-state index is 13.0. The van der Waals surface area contributed by atoms with Gasteiger partial charge in [-0.2, -0.15) is 0 Å². The Hall–Kier alpha value is -2.93. The van der Waals surface area contributed by atoms with Crippen LogP contribution in [0.5, 0.6) is 0 Å². The average molecular weight is 469 g/mol. The molecule has 1 aliphatic rings. The molecule has 8 heteroatoms. The molecule has 164 valence electrons. The first-order valence-corrected chi connectivity index (χ1v) is 10.9. The maximum Gasteiger partial charge on any atom is 0.249 e. The number of aliphatic imine (C=N–C) groups is 1. The van der Waals surface area contributed by atoms with E-state index in [0.717, 1.165) is 22.5 Å². The fraction of sp³-hybridized carbons (Fsp3) is 0.208. The molecule has 0 saturated heterocycles. The number of amides is 1. The van der Waals surface area contributed by atoms with Gasteiger partial charge in [0.1, 0.15) is 11.9 Å². The second kappa shape index (κ2) is 10.1. The fourth-order valence-electron chi connectivity index (χ4n) is 3.48. The Morgan fingerprint density at radius 1 is 1.12 bits per heavy atom. The minimum Gasteiger partial charge on any atom is -0.383 e. The normalized spacial score (nSPS) is 15.4. The highest BCUT2D eigenvalue weighted by Crippen LogP contribution is 2.29. The molecule has 0 bridgehead atoms. The number of rotatable bonds is 7. The van der Waals surface area contributed by atoms with Gasteiger partial charge in [-0.1, -0.05) is 41.4 Å². The summed E-state index contributed by atoms with van der Waals surface area (Å²) in [6.07, 6.45) is 2.11. The molecule has 2 aromatic carbocycles. The number of anilines is 2. The first kappa shape index (κ1) is 22.3. The summed E-state index contributed by atoms with van der Waals surface area (Å²) < 4.78 is 5.06. The van der Waals surface area contributed by atoms with Crippen molar-refractivity contribution in [2.24, 2.45) is 4.99 Å². The first-order chi connectivity index (χ1) is 15.5. The molecule has 0 aliphatic carbocycles. The van der Waals surface area contributed by atoms with Crippen molar-refractivity contribution in [2.45, 2.75) is 12.5 Å². The zero-order chi connectivity index (χ0) is 22.5. The topological polar surface area (TPSA) is 75.6 Å². The summed E-state index contributed by atoms with van der Waals surface area (Å²) in [4.78, 5) is 22.4. The minimum atomic E-state index is -0.657. The number of carbonyl (C=O) groups is 1. The van der Waals surface area contributed by atoms with Crippen molar-refractivity contribution >= 4 is 46.3 Å². The molecule has 4 rings (SSSR count). The highest BCUT2D eigenvalue weighted by molar-refractivity contribution is 6.32. The Balaban J connectivity index is 1.72. The van der Waals surface area contributed by atoms with Crippen LogP contribution in [0.25, 0.3) is 0 Å². The van der Waals surface area contributed by atoms with Crippen LogP contribution in [0.4, 0.5) is 11.5 Å². The number of halogens is 2. The first-order valence-electron chi connectivity index (χ1n) is 10.2. The Bertz CT molecular complexity index is 1150. The predicted molar refractivity (Wildman–Crippen MR) is 129 cm³/mol. The number of nitrogens with one attached hydrogen (secondary N) is 2. The third-order valence-corrected chi connectivity index (χ3v) is 5.71. The number of carbonyl (C=O) groups excluding carboxylic acids is 1. The van der Waals surface area contributed by atoms with Crippen LogP contribution < -0.4 is 10.6 Å². The number of benzodiazepines with no additional fused rings is 1. The number of pyridine rings is 1. The Kier molecular flexibility index (Phi) is 7.05. The van der Waals surface area contributed by atoms with E-state index < -0.39 is 6.04 Å². The van der Waals surface area contributed by atoms with E-state index in [1.54, 1.807) is 31.5 Å². The van der Waals surface area contributed by atoms with E-state index in [1.165, 1.54) is 0 Å². The summed E-state index contributed by atoms with van der Waals surface area (Å²) in [6, 6.07) is 16.0. The molecule has 3 aromatic rings. The average Bonchev–Trinajstić information content (AvgIpc) is 2.92. The predicted octanol–water partition coefficient (Wildman–Crippen LogP) is 4.85. The van der Waals surface area contributed by atoms with E-state index >= 15 is 0 Å². The summed E-state index contributed by atoms with van der Waals surface area (Å²) in [5.74, 6) is 0.530. The molecule has 32 heavy (non-hydrogen) atoms. The molecule has 1 atom stereocenters. The second-order valence-electron chi connectivity index (χ2n) is 7.32. The zero-order valence-corrected chi connectivity index (χ0v) is 19.0. The van der Waals surface area contributed by atoms with Gasteiger partial charge in [-0.25, -0.2) is 4.98 Å². The highest BCUT2D eigenvalue weighted by Gasteiger charge is 2.27. The SMILES string of the molecule is COCCNc1ccc(C2=NC(Cc3ccccc3Cl)C(=O)Nc3ccc(Cl)cc32)cn1. The molecule has 2 N–H and O–H groups in total. The van der Waals surface area contributed by atoms with Crippen molar-refractivity contribution in [1.82, 2.24) is 4.98 Å². The maximum absolute atomic E-state index is 13.0. The lowest BCUT2D eigenvalue weighted by molar-refractivity contribution is -0.117. The van der Waals surface area contributed by atoms with E-state index in [9.17, 15) is 4.79 Å². The van der Waals surface area contributed by atoms with Crippen LogP contribution in [0.3, 0.4) is 0 Å². The molecule has 6 nitrogen and oxygen atoms in total. The lowest BCUT2D eigenvalue weighted by Gasteiger charge is -2.12. The lowest BCUT2D eigenvalue weighted by atomic mass is 10.0. The molecule has 0 radical (unpaired) electrons. The van der Waals surface area contributed by atoms with Crippen LogP contribution in [0.1, 0.15) is 16.7 Å². The molecule has 0 fully saturated rings. The molecule has 0 spiro atoms. The lowest BCUT2D eigenvalue weighted by Crippen LogP contribution is -2.27. The Labute approximate surface area is 196 Å². The molecule has 1 amide bonds. The van der Waals surface area contributed by atoms with E-state index in [4.69, 9.17) is 32.9 Å². The highest BCUT2D eigenvalue weighted by atomic mass is 35.5. The molecular formula is C24H22Cl2N4O2. The molecule has 2 heterocycles. The van der Waals surface area contributed by atoms with E-state index in [-0.39, 0.29) is 5.91 Å². The van der Waals surface area contributed by atoms with Gasteiger partial charge < -0.3 is 15.4 Å². The van der Waals surface area contributed by atoms with Crippen LogP contribution in [0, 0.1) is 0 Å². The number of aromatic nitrogens is 1. The van der Waals surface area contributed by atoms with E-state index in [2.05, 4.69) is 15.6 Å². The van der Waals surface area contributed by atoms with Crippen molar-refractivity contribution in [3.8, 4) is 0 Å². The number of ether oxygens (including phenoxy) is 1. The standard InChI is InChI=1S/C24H22Cl2N4O2/c1-32-11-10-27-22-9-6-16(14-28-22)23-18-13-17(25)7-8-20(18)30-24(31)21(29-23)12-15-4-2-3-5-19(15)26/h2-9,13-14,21H,10-12H2,1H3,(H,27,28)(H,30,31). The van der Waals surface area contributed by atoms with Gasteiger partial charge in [0.15, 0.2) is 0 Å². The minimum absolute atomic E-state index is 0.200. The van der Waals surface area contributed by atoms with Crippen molar-refractivity contribution in [1.29, 1.82) is 0 Å². The van der Waals surface area contributed by atoms with Gasteiger partial charge in [-0.3, -0.25) is 9.79 Å². The number of benzene rings is 2. The van der Waals surface area contributed by atoms with Gasteiger partial charge in [0.25, 0.3) is 0 Å². The summed E-state index contributed by atoms with van der Waals surface area (Å²) in [5, 5.41) is 7.34. The number of fused-ring (bicyclic) bond motifs is 1. The van der Waals surface area contributed by atoms with Crippen LogP contribution >= 0.6 is 23.2 Å². The third kappa shape index (κ3) is 5.10. The number of nitrogens with zero attached hydrogens (tertiary/aromatic N) is 2. The molecule has 1 aromatic heterocycles. The second-order valence-corrected chi connectivity index (χ2v) is 8.16. The molecule has 1 unspecified atom stereocenters. The van der Waals surface area contributed by atoms with Crippen LogP contribution in [0.2, 0.25) is 10.0 Å². The Morgan fingerprint density at radius 2 is 1.97 bits per heavy atom. The van der Waals surface area contributed by atoms with Gasteiger partial charge in [-0.15, -0.1) is 0 Å². The number of methoxy groups -OCH3 is 1. The van der Waals surface area contributed by atoms with Crippen LogP contribution in [-0.2, 0) is 16.0 Å². The molecule has 0 saturated carbocycles. The van der Waals surface area contributed by atoms with E-state index in [0.29, 0.717) is 41.0 Å². The van der Waals surface area contributed by atoms with Gasteiger partial charge >= 0.3 is 0 Å².